The van der Waals surface area contributed by atoms with Crippen LogP contribution in [0.1, 0.15) is 52.7 Å². The van der Waals surface area contributed by atoms with Gasteiger partial charge in [-0.25, -0.2) is 4.98 Å². The second-order valence-electron chi connectivity index (χ2n) is 7.69. The van der Waals surface area contributed by atoms with E-state index < -0.39 is 0 Å². The lowest BCUT2D eigenvalue weighted by atomic mass is 9.98. The van der Waals surface area contributed by atoms with E-state index in [-0.39, 0.29) is 5.91 Å². The molecule has 0 aromatic carbocycles. The van der Waals surface area contributed by atoms with Crippen LogP contribution >= 0.6 is 0 Å². The van der Waals surface area contributed by atoms with E-state index in [0.717, 1.165) is 36.2 Å². The van der Waals surface area contributed by atoms with Crippen molar-refractivity contribution in [1.82, 2.24) is 29.5 Å². The molecule has 3 aromatic heterocycles. The molecule has 1 aliphatic heterocycles. The van der Waals surface area contributed by atoms with E-state index in [1.54, 1.807) is 7.05 Å². The summed E-state index contributed by atoms with van der Waals surface area (Å²) in [5, 5.41) is 8.32. The van der Waals surface area contributed by atoms with Crippen LogP contribution in [0.15, 0.2) is 24.4 Å². The fourth-order valence-electron chi connectivity index (χ4n) is 4.41. The SMILES string of the molecule is CNC(=O)c1ccc([C@H]2CCCCN2Cc2cnc3c(c2)c(C)nn3C)n1C. The highest BCUT2D eigenvalue weighted by Gasteiger charge is 2.27. The van der Waals surface area contributed by atoms with Gasteiger partial charge in [0.15, 0.2) is 5.65 Å². The fourth-order valence-corrected chi connectivity index (χ4v) is 4.41. The third-order valence-corrected chi connectivity index (χ3v) is 5.88. The molecule has 0 spiro atoms. The average molecular weight is 380 g/mol. The molecule has 4 rings (SSSR count). The first-order valence-corrected chi connectivity index (χ1v) is 9.89. The van der Waals surface area contributed by atoms with Gasteiger partial charge < -0.3 is 9.88 Å². The summed E-state index contributed by atoms with van der Waals surface area (Å²) in [6.45, 7) is 3.93. The van der Waals surface area contributed by atoms with E-state index in [1.807, 2.05) is 42.5 Å². The van der Waals surface area contributed by atoms with Gasteiger partial charge in [0, 0.05) is 45.0 Å². The van der Waals surface area contributed by atoms with Gasteiger partial charge >= 0.3 is 0 Å². The zero-order valence-corrected chi connectivity index (χ0v) is 17.1. The summed E-state index contributed by atoms with van der Waals surface area (Å²) in [5.41, 5.74) is 5.05. The molecule has 0 bridgehead atoms. The second kappa shape index (κ2) is 7.39. The molecule has 0 saturated carbocycles. The number of hydrogen-bond donors (Lipinski definition) is 1. The van der Waals surface area contributed by atoms with Gasteiger partial charge in [-0.2, -0.15) is 5.10 Å². The molecule has 0 radical (unpaired) electrons. The highest BCUT2D eigenvalue weighted by molar-refractivity contribution is 5.92. The summed E-state index contributed by atoms with van der Waals surface area (Å²) in [6.07, 6.45) is 5.48. The maximum Gasteiger partial charge on any atom is 0.267 e. The number of nitrogens with zero attached hydrogens (tertiary/aromatic N) is 5. The number of amides is 1. The number of aromatic nitrogens is 4. The fraction of sp³-hybridized carbons (Fsp3) is 0.476. The predicted molar refractivity (Wildman–Crippen MR) is 109 cm³/mol. The van der Waals surface area contributed by atoms with E-state index >= 15 is 0 Å². The summed E-state index contributed by atoms with van der Waals surface area (Å²) < 4.78 is 3.87. The van der Waals surface area contributed by atoms with Gasteiger partial charge in [-0.15, -0.1) is 0 Å². The zero-order chi connectivity index (χ0) is 19.8. The van der Waals surface area contributed by atoms with Crippen LogP contribution in [0.3, 0.4) is 0 Å². The van der Waals surface area contributed by atoms with Crippen molar-refractivity contribution in [3.63, 3.8) is 0 Å². The summed E-state index contributed by atoms with van der Waals surface area (Å²) >= 11 is 0. The Labute approximate surface area is 165 Å². The molecule has 148 valence electrons. The Morgan fingerprint density at radius 1 is 1.29 bits per heavy atom. The summed E-state index contributed by atoms with van der Waals surface area (Å²) in [4.78, 5) is 19.3. The molecule has 1 amide bonds. The van der Waals surface area contributed by atoms with Crippen LogP contribution in [-0.4, -0.2) is 43.7 Å². The monoisotopic (exact) mass is 380 g/mol. The molecule has 3 aromatic rings. The number of carbonyl (C=O) groups is 1. The second-order valence-corrected chi connectivity index (χ2v) is 7.69. The van der Waals surface area contributed by atoms with Gasteiger partial charge in [0.2, 0.25) is 0 Å². The van der Waals surface area contributed by atoms with E-state index in [9.17, 15) is 4.79 Å². The van der Waals surface area contributed by atoms with Gasteiger partial charge in [0.05, 0.1) is 11.7 Å². The smallest absolute Gasteiger partial charge is 0.267 e. The van der Waals surface area contributed by atoms with Crippen LogP contribution < -0.4 is 5.32 Å². The van der Waals surface area contributed by atoms with Crippen LogP contribution in [0.4, 0.5) is 0 Å². The molecule has 1 saturated heterocycles. The van der Waals surface area contributed by atoms with Gasteiger partial charge in [-0.3, -0.25) is 14.4 Å². The highest BCUT2D eigenvalue weighted by Crippen LogP contribution is 2.33. The maximum absolute atomic E-state index is 12.1. The molecular weight excluding hydrogens is 352 g/mol. The first kappa shape index (κ1) is 18.7. The maximum atomic E-state index is 12.1. The summed E-state index contributed by atoms with van der Waals surface area (Å²) in [6, 6.07) is 6.55. The molecule has 1 atom stereocenters. The lowest BCUT2D eigenvalue weighted by Gasteiger charge is -2.36. The van der Waals surface area contributed by atoms with Crippen molar-refractivity contribution in [2.45, 2.75) is 38.8 Å². The van der Waals surface area contributed by atoms with Crippen molar-refractivity contribution in [2.24, 2.45) is 14.1 Å². The first-order chi connectivity index (χ1) is 13.5. The number of aryl methyl sites for hydroxylation is 2. The molecule has 1 aliphatic rings. The highest BCUT2D eigenvalue weighted by atomic mass is 16.1. The van der Waals surface area contributed by atoms with Crippen LogP contribution in [0.5, 0.6) is 0 Å². The topological polar surface area (TPSA) is 68.0 Å². The Hall–Kier alpha value is -2.67. The Morgan fingerprint density at radius 3 is 2.89 bits per heavy atom. The van der Waals surface area contributed by atoms with Crippen molar-refractivity contribution in [3.05, 3.63) is 47.0 Å². The molecule has 7 heteroatoms. The average Bonchev–Trinajstić information content (AvgIpc) is 3.21. The molecule has 1 N–H and O–H groups in total. The molecule has 4 heterocycles. The third-order valence-electron chi connectivity index (χ3n) is 5.88. The summed E-state index contributed by atoms with van der Waals surface area (Å²) in [7, 11) is 5.59. The van der Waals surface area contributed by atoms with Crippen molar-refractivity contribution in [1.29, 1.82) is 0 Å². The van der Waals surface area contributed by atoms with Gasteiger partial charge in [0.25, 0.3) is 5.91 Å². The Kier molecular flexibility index (Phi) is 4.93. The van der Waals surface area contributed by atoms with Crippen LogP contribution in [0.25, 0.3) is 11.0 Å². The number of likely N-dealkylation sites (tertiary alicyclic amines) is 1. The number of fused-ring (bicyclic) bond motifs is 1. The Bertz CT molecular complexity index is 1020. The number of nitrogens with one attached hydrogen (secondary N) is 1. The molecule has 1 fully saturated rings. The van der Waals surface area contributed by atoms with Crippen molar-refractivity contribution < 1.29 is 4.79 Å². The minimum absolute atomic E-state index is 0.0437. The number of carbonyl (C=O) groups excluding carboxylic acids is 1. The van der Waals surface area contributed by atoms with E-state index in [0.29, 0.717) is 11.7 Å². The number of hydrogen-bond acceptors (Lipinski definition) is 4. The number of rotatable bonds is 4. The van der Waals surface area contributed by atoms with Crippen LogP contribution in [0, 0.1) is 6.92 Å². The van der Waals surface area contributed by atoms with Crippen LogP contribution in [-0.2, 0) is 20.6 Å². The standard InChI is InChI=1S/C21H28N6O/c1-14-16-11-15(12-23-20(16)26(4)24-14)13-27-10-6-5-7-18(27)17-8-9-19(25(17)3)21(28)22-2/h8-9,11-12,18H,5-7,10,13H2,1-4H3,(H,22,28)/t18-/m1/s1. The van der Waals surface area contributed by atoms with Crippen LogP contribution in [0.2, 0.25) is 0 Å². The van der Waals surface area contributed by atoms with Crippen molar-refractivity contribution >= 4 is 16.9 Å². The minimum Gasteiger partial charge on any atom is -0.354 e. The lowest BCUT2D eigenvalue weighted by molar-refractivity contribution is 0.0952. The normalized spacial score (nSPS) is 17.9. The van der Waals surface area contributed by atoms with Gasteiger partial charge in [-0.1, -0.05) is 6.42 Å². The quantitative estimate of drug-likeness (QED) is 0.756. The zero-order valence-electron chi connectivity index (χ0n) is 17.1. The number of piperidine rings is 1. The molecule has 28 heavy (non-hydrogen) atoms. The number of pyridine rings is 1. The molecule has 0 aliphatic carbocycles. The van der Waals surface area contributed by atoms with E-state index in [1.165, 1.54) is 24.1 Å². The Morgan fingerprint density at radius 2 is 2.11 bits per heavy atom. The molecular formula is C21H28N6O. The minimum atomic E-state index is -0.0437. The predicted octanol–water partition coefficient (Wildman–Crippen LogP) is 2.70. The van der Waals surface area contributed by atoms with Gasteiger partial charge in [0.1, 0.15) is 5.69 Å². The van der Waals surface area contributed by atoms with Crippen molar-refractivity contribution in [3.8, 4) is 0 Å². The first-order valence-electron chi connectivity index (χ1n) is 9.89. The van der Waals surface area contributed by atoms with E-state index in [2.05, 4.69) is 32.4 Å². The van der Waals surface area contributed by atoms with Crippen molar-refractivity contribution in [2.75, 3.05) is 13.6 Å². The lowest BCUT2D eigenvalue weighted by Crippen LogP contribution is -2.34. The largest absolute Gasteiger partial charge is 0.354 e. The molecule has 7 nitrogen and oxygen atoms in total. The Balaban J connectivity index is 1.62. The van der Waals surface area contributed by atoms with Gasteiger partial charge in [-0.05, 0) is 50.1 Å². The van der Waals surface area contributed by atoms with E-state index in [4.69, 9.17) is 0 Å². The summed E-state index contributed by atoms with van der Waals surface area (Å²) in [5.74, 6) is -0.0437. The third kappa shape index (κ3) is 3.20. The molecule has 0 unspecified atom stereocenters.